The summed E-state index contributed by atoms with van der Waals surface area (Å²) in [6, 6.07) is 22.2. The van der Waals surface area contributed by atoms with Crippen LogP contribution in [0.3, 0.4) is 0 Å². The van der Waals surface area contributed by atoms with Gasteiger partial charge in [0.1, 0.15) is 11.4 Å². The van der Waals surface area contributed by atoms with Crippen molar-refractivity contribution in [2.75, 3.05) is 25.1 Å². The summed E-state index contributed by atoms with van der Waals surface area (Å²) in [5.74, 6) is -1.06. The molecule has 1 amide bonds. The molecule has 2 aromatic heterocycles. The number of nitrogens with two attached hydrogens (primary N) is 1. The molecule has 0 saturated carbocycles. The second kappa shape index (κ2) is 13.4. The Kier molecular flexibility index (Phi) is 9.21. The molecule has 42 heavy (non-hydrogen) atoms. The van der Waals surface area contributed by atoms with Gasteiger partial charge in [0, 0.05) is 22.2 Å². The molecular weight excluding hydrogens is 559 g/mol. The number of anilines is 1. The first-order valence-corrected chi connectivity index (χ1v) is 13.9. The average molecular weight is 587 g/mol. The zero-order valence-electron chi connectivity index (χ0n) is 22.6. The number of halogens is 2. The van der Waals surface area contributed by atoms with Crippen molar-refractivity contribution in [3.63, 3.8) is 0 Å². The molecule has 0 unspecified atom stereocenters. The normalized spacial score (nSPS) is 11.0. The van der Waals surface area contributed by atoms with Crippen LogP contribution in [-0.2, 0) is 0 Å². The Hall–Kier alpha value is -4.60. The molecule has 8 nitrogen and oxygen atoms in total. The molecule has 0 aliphatic carbocycles. The number of hydrogen-bond acceptors (Lipinski definition) is 7. The van der Waals surface area contributed by atoms with Crippen molar-refractivity contribution in [3.05, 3.63) is 101 Å². The maximum atomic E-state index is 14.3. The standard InChI is InChI=1S/C32H28ClFN4O4/c33-22-12-13-28(25(34)19-22)36-30(40)24-18-21-8-2-4-10-27(21)38-32(24)41-15-5-11-29(39)23-17-20-7-1-3-9-26(20)37-31(23)42-16-6-14-35/h1-4,7-10,12-13,17-19H,5-6,11,14-16,35H2,(H,36,40). The molecule has 0 saturated heterocycles. The van der Waals surface area contributed by atoms with E-state index in [2.05, 4.69) is 15.3 Å². The topological polar surface area (TPSA) is 116 Å². The summed E-state index contributed by atoms with van der Waals surface area (Å²) in [4.78, 5) is 35.5. The van der Waals surface area contributed by atoms with Gasteiger partial charge in [0.05, 0.1) is 35.5 Å². The molecular formula is C32H28ClFN4O4. The number of carbonyl (C=O) groups excluding carboxylic acids is 2. The van der Waals surface area contributed by atoms with Gasteiger partial charge >= 0.3 is 0 Å². The van der Waals surface area contributed by atoms with Crippen molar-refractivity contribution in [2.24, 2.45) is 5.73 Å². The highest BCUT2D eigenvalue weighted by Crippen LogP contribution is 2.27. The minimum Gasteiger partial charge on any atom is -0.477 e. The number of nitrogens with one attached hydrogen (secondary N) is 1. The monoisotopic (exact) mass is 586 g/mol. The summed E-state index contributed by atoms with van der Waals surface area (Å²) >= 11 is 5.83. The van der Waals surface area contributed by atoms with Crippen LogP contribution < -0.4 is 20.5 Å². The van der Waals surface area contributed by atoms with Crippen LogP contribution in [0.1, 0.15) is 40.0 Å². The summed E-state index contributed by atoms with van der Waals surface area (Å²) < 4.78 is 26.1. The molecule has 0 atom stereocenters. The average Bonchev–Trinajstić information content (AvgIpc) is 3.00. The lowest BCUT2D eigenvalue weighted by atomic mass is 10.1. The van der Waals surface area contributed by atoms with Crippen LogP contribution in [0.15, 0.2) is 78.9 Å². The van der Waals surface area contributed by atoms with Crippen molar-refractivity contribution < 1.29 is 23.5 Å². The van der Waals surface area contributed by atoms with Gasteiger partial charge in [-0.25, -0.2) is 14.4 Å². The molecule has 0 bridgehead atoms. The van der Waals surface area contributed by atoms with Crippen molar-refractivity contribution >= 4 is 50.8 Å². The van der Waals surface area contributed by atoms with Gasteiger partial charge in [-0.2, -0.15) is 0 Å². The molecule has 0 aliphatic heterocycles. The number of ether oxygens (including phenoxy) is 2. The highest BCUT2D eigenvalue weighted by atomic mass is 35.5. The van der Waals surface area contributed by atoms with E-state index in [9.17, 15) is 14.0 Å². The second-order valence-corrected chi connectivity index (χ2v) is 9.95. The maximum absolute atomic E-state index is 14.3. The highest BCUT2D eigenvalue weighted by molar-refractivity contribution is 6.30. The first-order valence-electron chi connectivity index (χ1n) is 13.5. The van der Waals surface area contributed by atoms with E-state index >= 15 is 0 Å². The molecule has 5 rings (SSSR count). The van der Waals surface area contributed by atoms with E-state index in [4.69, 9.17) is 26.8 Å². The van der Waals surface area contributed by atoms with Crippen LogP contribution >= 0.6 is 11.6 Å². The molecule has 0 spiro atoms. The summed E-state index contributed by atoms with van der Waals surface area (Å²) in [5, 5.41) is 4.31. The van der Waals surface area contributed by atoms with E-state index in [1.807, 2.05) is 42.5 Å². The number of para-hydroxylation sites is 2. The third-order valence-electron chi connectivity index (χ3n) is 6.48. The van der Waals surface area contributed by atoms with Crippen LogP contribution in [0.4, 0.5) is 10.1 Å². The van der Waals surface area contributed by atoms with E-state index in [0.717, 1.165) is 17.0 Å². The number of amides is 1. The molecule has 0 radical (unpaired) electrons. The minimum absolute atomic E-state index is 0.0254. The smallest absolute Gasteiger partial charge is 0.261 e. The lowest BCUT2D eigenvalue weighted by Crippen LogP contribution is -2.16. The Bertz CT molecular complexity index is 1760. The lowest BCUT2D eigenvalue weighted by molar-refractivity contribution is 0.0964. The molecule has 0 fully saturated rings. The van der Waals surface area contributed by atoms with Crippen LogP contribution in [-0.4, -0.2) is 41.4 Å². The second-order valence-electron chi connectivity index (χ2n) is 9.51. The predicted octanol–water partition coefficient (Wildman–Crippen LogP) is 6.60. The lowest BCUT2D eigenvalue weighted by Gasteiger charge is -2.13. The summed E-state index contributed by atoms with van der Waals surface area (Å²) in [6.45, 7) is 0.923. The quantitative estimate of drug-likeness (QED) is 0.125. The van der Waals surface area contributed by atoms with E-state index < -0.39 is 11.7 Å². The van der Waals surface area contributed by atoms with Crippen LogP contribution in [0, 0.1) is 5.82 Å². The number of aromatic nitrogens is 2. The SMILES string of the molecule is NCCCOc1nc2ccccc2cc1C(=O)CCCOc1nc2ccccc2cc1C(=O)Nc1ccc(Cl)cc1F. The fourth-order valence-corrected chi connectivity index (χ4v) is 4.51. The minimum atomic E-state index is -0.667. The molecule has 5 aromatic rings. The van der Waals surface area contributed by atoms with Crippen molar-refractivity contribution in [1.82, 2.24) is 9.97 Å². The van der Waals surface area contributed by atoms with Crippen molar-refractivity contribution in [2.45, 2.75) is 19.3 Å². The predicted molar refractivity (Wildman–Crippen MR) is 161 cm³/mol. The summed E-state index contributed by atoms with van der Waals surface area (Å²) in [7, 11) is 0. The van der Waals surface area contributed by atoms with Gasteiger partial charge in [0.15, 0.2) is 5.78 Å². The Labute approximate surface area is 246 Å². The molecule has 0 aliphatic rings. The third kappa shape index (κ3) is 6.82. The molecule has 2 heterocycles. The van der Waals surface area contributed by atoms with Gasteiger partial charge < -0.3 is 20.5 Å². The van der Waals surface area contributed by atoms with Crippen molar-refractivity contribution in [3.8, 4) is 11.8 Å². The Morgan fingerprint density at radius 2 is 1.40 bits per heavy atom. The number of Topliss-reactive ketones (excluding diaryl/α,β-unsaturated/α-hetero) is 1. The van der Waals surface area contributed by atoms with Crippen molar-refractivity contribution in [1.29, 1.82) is 0 Å². The van der Waals surface area contributed by atoms with Gasteiger partial charge in [-0.1, -0.05) is 48.0 Å². The van der Waals surface area contributed by atoms with E-state index in [0.29, 0.717) is 42.5 Å². The number of pyridine rings is 2. The zero-order valence-corrected chi connectivity index (χ0v) is 23.4. The molecule has 3 aromatic carbocycles. The van der Waals surface area contributed by atoms with Crippen LogP contribution in [0.2, 0.25) is 5.02 Å². The van der Waals surface area contributed by atoms with Gasteiger partial charge in [0.25, 0.3) is 5.91 Å². The number of fused-ring (bicyclic) bond motifs is 2. The first kappa shape index (κ1) is 28.9. The number of hydrogen-bond donors (Lipinski definition) is 2. The molecule has 10 heteroatoms. The first-order chi connectivity index (χ1) is 20.4. The number of ketones is 1. The van der Waals surface area contributed by atoms with E-state index in [1.165, 1.54) is 12.1 Å². The fourth-order valence-electron chi connectivity index (χ4n) is 4.35. The maximum Gasteiger partial charge on any atom is 0.261 e. The third-order valence-corrected chi connectivity index (χ3v) is 6.71. The van der Waals surface area contributed by atoms with Gasteiger partial charge in [-0.3, -0.25) is 9.59 Å². The van der Waals surface area contributed by atoms with Crippen LogP contribution in [0.5, 0.6) is 11.8 Å². The number of carbonyl (C=O) groups is 2. The number of rotatable bonds is 12. The highest BCUT2D eigenvalue weighted by Gasteiger charge is 2.19. The van der Waals surface area contributed by atoms with E-state index in [1.54, 1.807) is 18.2 Å². The van der Waals surface area contributed by atoms with Gasteiger partial charge in [-0.05, 0) is 61.9 Å². The largest absolute Gasteiger partial charge is 0.477 e. The fraction of sp³-hybridized carbons (Fsp3) is 0.188. The number of nitrogens with zero attached hydrogens (tertiary/aromatic N) is 2. The Morgan fingerprint density at radius 3 is 2.05 bits per heavy atom. The summed E-state index contributed by atoms with van der Waals surface area (Å²) in [6.07, 6.45) is 1.13. The summed E-state index contributed by atoms with van der Waals surface area (Å²) in [5.41, 5.74) is 7.43. The van der Waals surface area contributed by atoms with E-state index in [-0.39, 0.29) is 46.8 Å². The molecule has 3 N–H and O–H groups in total. The van der Waals surface area contributed by atoms with Gasteiger partial charge in [-0.15, -0.1) is 0 Å². The Morgan fingerprint density at radius 1 is 0.810 bits per heavy atom. The zero-order chi connectivity index (χ0) is 29.5. The number of benzene rings is 3. The van der Waals surface area contributed by atoms with Crippen LogP contribution in [0.25, 0.3) is 21.8 Å². The molecule has 214 valence electrons. The Balaban J connectivity index is 1.31. The van der Waals surface area contributed by atoms with Gasteiger partial charge in [0.2, 0.25) is 11.8 Å².